The summed E-state index contributed by atoms with van der Waals surface area (Å²) in [6.07, 6.45) is 4.58. The molecule has 0 aliphatic carbocycles. The van der Waals surface area contributed by atoms with Gasteiger partial charge in [-0.05, 0) is 54.0 Å². The van der Waals surface area contributed by atoms with E-state index in [1.165, 1.54) is 5.56 Å². The number of halogens is 1. The van der Waals surface area contributed by atoms with Gasteiger partial charge in [0.15, 0.2) is 0 Å². The van der Waals surface area contributed by atoms with Crippen LogP contribution in [-0.2, 0) is 4.79 Å². The van der Waals surface area contributed by atoms with Crippen molar-refractivity contribution in [3.63, 3.8) is 0 Å². The number of hydrogen-bond donors (Lipinski definition) is 0. The molecule has 4 rings (SSSR count). The molecule has 3 nitrogen and oxygen atoms in total. The Morgan fingerprint density at radius 3 is 2.59 bits per heavy atom. The van der Waals surface area contributed by atoms with Crippen LogP contribution in [0.3, 0.4) is 0 Å². The highest BCUT2D eigenvalue weighted by Gasteiger charge is 2.26. The number of pyridine rings is 1. The molecule has 0 saturated carbocycles. The van der Waals surface area contributed by atoms with Gasteiger partial charge in [-0.1, -0.05) is 55.8 Å². The van der Waals surface area contributed by atoms with Gasteiger partial charge < -0.3 is 4.90 Å². The van der Waals surface area contributed by atoms with Crippen LogP contribution in [0.15, 0.2) is 54.7 Å². The quantitative estimate of drug-likeness (QED) is 0.508. The molecule has 2 heterocycles. The molecule has 1 aliphatic rings. The largest absolute Gasteiger partial charge is 0.343 e. The summed E-state index contributed by atoms with van der Waals surface area (Å²) in [5, 5.41) is 1.80. The average molecular weight is 407 g/mol. The second-order valence-corrected chi connectivity index (χ2v) is 8.42. The van der Waals surface area contributed by atoms with Crippen LogP contribution >= 0.6 is 11.6 Å². The summed E-state index contributed by atoms with van der Waals surface area (Å²) in [5.74, 6) is 1.38. The molecule has 1 amide bonds. The van der Waals surface area contributed by atoms with Gasteiger partial charge in [0, 0.05) is 41.7 Å². The lowest BCUT2D eigenvalue weighted by molar-refractivity contribution is -0.132. The first-order chi connectivity index (χ1) is 14.1. The maximum absolute atomic E-state index is 11.9. The monoisotopic (exact) mass is 406 g/mol. The summed E-state index contributed by atoms with van der Waals surface area (Å²) in [6.45, 7) is 6.03. The normalized spacial score (nSPS) is 16.2. The lowest BCUT2D eigenvalue weighted by atomic mass is 9.81. The standard InChI is InChI=1S/C25H27ClN2O/c1-3-25(29)28-13-10-19(11-14-28)17(2)18-6-8-20(9-7-18)22-16-24-21(15-23(22)26)5-4-12-27-24/h4-9,12,15-17,19H,3,10-11,13-14H2,1-2H3. The number of fused-ring (bicyclic) bond motifs is 1. The molecule has 1 aromatic heterocycles. The van der Waals surface area contributed by atoms with E-state index in [0.29, 0.717) is 18.3 Å². The Labute approximate surface area is 177 Å². The van der Waals surface area contributed by atoms with Crippen molar-refractivity contribution in [3.8, 4) is 11.1 Å². The molecule has 29 heavy (non-hydrogen) atoms. The van der Waals surface area contributed by atoms with Gasteiger partial charge in [-0.15, -0.1) is 0 Å². The van der Waals surface area contributed by atoms with Gasteiger partial charge in [-0.3, -0.25) is 9.78 Å². The van der Waals surface area contributed by atoms with E-state index in [2.05, 4.69) is 42.2 Å². The Morgan fingerprint density at radius 2 is 1.90 bits per heavy atom. The number of aromatic nitrogens is 1. The summed E-state index contributed by atoms with van der Waals surface area (Å²) in [5.41, 5.74) is 4.44. The molecule has 1 atom stereocenters. The molecule has 0 bridgehead atoms. The average Bonchev–Trinajstić information content (AvgIpc) is 2.78. The molecular formula is C25H27ClN2O. The van der Waals surface area contributed by atoms with Crippen molar-refractivity contribution >= 4 is 28.4 Å². The second-order valence-electron chi connectivity index (χ2n) is 8.01. The predicted molar refractivity (Wildman–Crippen MR) is 120 cm³/mol. The SMILES string of the molecule is CCC(=O)N1CCC(C(C)c2ccc(-c3cc4ncccc4cc3Cl)cc2)CC1. The molecule has 1 unspecified atom stereocenters. The number of amides is 1. The van der Waals surface area contributed by atoms with Crippen LogP contribution in [0.4, 0.5) is 0 Å². The van der Waals surface area contributed by atoms with Crippen LogP contribution in [0.5, 0.6) is 0 Å². The highest BCUT2D eigenvalue weighted by atomic mass is 35.5. The zero-order valence-electron chi connectivity index (χ0n) is 17.1. The number of nitrogens with zero attached hydrogens (tertiary/aromatic N) is 2. The van der Waals surface area contributed by atoms with E-state index in [1.807, 2.05) is 36.2 Å². The minimum Gasteiger partial charge on any atom is -0.343 e. The van der Waals surface area contributed by atoms with Gasteiger partial charge in [-0.25, -0.2) is 0 Å². The Morgan fingerprint density at radius 1 is 1.17 bits per heavy atom. The van der Waals surface area contributed by atoms with Gasteiger partial charge in [0.2, 0.25) is 5.91 Å². The molecule has 2 aromatic carbocycles. The summed E-state index contributed by atoms with van der Waals surface area (Å²) < 4.78 is 0. The lowest BCUT2D eigenvalue weighted by Gasteiger charge is -2.35. The highest BCUT2D eigenvalue weighted by Crippen LogP contribution is 2.35. The number of benzene rings is 2. The van der Waals surface area contributed by atoms with E-state index < -0.39 is 0 Å². The van der Waals surface area contributed by atoms with E-state index >= 15 is 0 Å². The summed E-state index contributed by atoms with van der Waals surface area (Å²) in [7, 11) is 0. The maximum atomic E-state index is 11.9. The van der Waals surface area contributed by atoms with Crippen LogP contribution in [0.1, 0.15) is 44.6 Å². The van der Waals surface area contributed by atoms with Gasteiger partial charge >= 0.3 is 0 Å². The summed E-state index contributed by atoms with van der Waals surface area (Å²) in [4.78, 5) is 18.4. The fraction of sp³-hybridized carbons (Fsp3) is 0.360. The highest BCUT2D eigenvalue weighted by molar-refractivity contribution is 6.34. The van der Waals surface area contributed by atoms with Crippen LogP contribution < -0.4 is 0 Å². The third-order valence-electron chi connectivity index (χ3n) is 6.34. The lowest BCUT2D eigenvalue weighted by Crippen LogP contribution is -2.39. The second kappa shape index (κ2) is 8.54. The Balaban J connectivity index is 1.50. The third kappa shape index (κ3) is 4.16. The molecule has 1 fully saturated rings. The molecule has 4 heteroatoms. The van der Waals surface area contributed by atoms with Crippen molar-refractivity contribution in [1.82, 2.24) is 9.88 Å². The zero-order chi connectivity index (χ0) is 20.4. The van der Waals surface area contributed by atoms with Gasteiger partial charge in [-0.2, -0.15) is 0 Å². The smallest absolute Gasteiger partial charge is 0.222 e. The Kier molecular flexibility index (Phi) is 5.86. The molecule has 0 N–H and O–H groups in total. The number of piperidine rings is 1. The van der Waals surface area contributed by atoms with Crippen molar-refractivity contribution in [3.05, 3.63) is 65.3 Å². The molecule has 0 radical (unpaired) electrons. The zero-order valence-corrected chi connectivity index (χ0v) is 17.8. The van der Waals surface area contributed by atoms with E-state index in [4.69, 9.17) is 11.6 Å². The number of carbonyl (C=O) groups excluding carboxylic acids is 1. The van der Waals surface area contributed by atoms with Crippen LogP contribution in [-0.4, -0.2) is 28.9 Å². The van der Waals surface area contributed by atoms with Gasteiger partial charge in [0.25, 0.3) is 0 Å². The van der Waals surface area contributed by atoms with Crippen molar-refractivity contribution in [2.24, 2.45) is 5.92 Å². The maximum Gasteiger partial charge on any atom is 0.222 e. The van der Waals surface area contributed by atoms with E-state index in [9.17, 15) is 4.79 Å². The predicted octanol–water partition coefficient (Wildman–Crippen LogP) is 6.31. The Hall–Kier alpha value is -2.39. The van der Waals surface area contributed by atoms with Gasteiger partial charge in [0.05, 0.1) is 5.52 Å². The minimum atomic E-state index is 0.280. The van der Waals surface area contributed by atoms with E-state index in [0.717, 1.165) is 53.0 Å². The summed E-state index contributed by atoms with van der Waals surface area (Å²) in [6, 6.07) is 16.8. The van der Waals surface area contributed by atoms with Crippen molar-refractivity contribution in [2.75, 3.05) is 13.1 Å². The van der Waals surface area contributed by atoms with E-state index in [1.54, 1.807) is 0 Å². The van der Waals surface area contributed by atoms with E-state index in [-0.39, 0.29) is 5.91 Å². The number of rotatable bonds is 4. The van der Waals surface area contributed by atoms with Crippen LogP contribution in [0, 0.1) is 5.92 Å². The molecule has 1 saturated heterocycles. The first-order valence-corrected chi connectivity index (χ1v) is 10.9. The van der Waals surface area contributed by atoms with Crippen LogP contribution in [0.25, 0.3) is 22.0 Å². The number of likely N-dealkylation sites (tertiary alicyclic amines) is 1. The van der Waals surface area contributed by atoms with Crippen LogP contribution in [0.2, 0.25) is 5.02 Å². The van der Waals surface area contributed by atoms with Crippen molar-refractivity contribution in [2.45, 2.75) is 39.0 Å². The molecule has 150 valence electrons. The topological polar surface area (TPSA) is 33.2 Å². The molecule has 1 aliphatic heterocycles. The fourth-order valence-corrected chi connectivity index (χ4v) is 4.71. The first kappa shape index (κ1) is 19.9. The van der Waals surface area contributed by atoms with Gasteiger partial charge in [0.1, 0.15) is 0 Å². The fourth-order valence-electron chi connectivity index (χ4n) is 4.42. The molecular weight excluding hydrogens is 380 g/mol. The number of hydrogen-bond acceptors (Lipinski definition) is 2. The molecule has 0 spiro atoms. The van der Waals surface area contributed by atoms with Crippen molar-refractivity contribution < 1.29 is 4.79 Å². The number of carbonyl (C=O) groups is 1. The first-order valence-electron chi connectivity index (χ1n) is 10.5. The van der Waals surface area contributed by atoms with Crippen molar-refractivity contribution in [1.29, 1.82) is 0 Å². The summed E-state index contributed by atoms with van der Waals surface area (Å²) >= 11 is 6.55. The minimum absolute atomic E-state index is 0.280. The third-order valence-corrected chi connectivity index (χ3v) is 6.65. The Bertz CT molecular complexity index is 1010. The molecule has 3 aromatic rings.